The fourth-order valence-electron chi connectivity index (χ4n) is 0.930. The highest BCUT2D eigenvalue weighted by Crippen LogP contribution is 2.17. The van der Waals surface area contributed by atoms with Crippen LogP contribution in [0.15, 0.2) is 11.4 Å². The van der Waals surface area contributed by atoms with Crippen LogP contribution in [0.2, 0.25) is 0 Å². The topological polar surface area (TPSA) is 0 Å². The Morgan fingerprint density at radius 1 is 1.70 bits per heavy atom. The van der Waals surface area contributed by atoms with Crippen LogP contribution >= 0.6 is 11.3 Å². The van der Waals surface area contributed by atoms with Gasteiger partial charge >= 0.3 is 0 Å². The molecule has 1 rings (SSSR count). The minimum absolute atomic E-state index is 0.793. The number of rotatable bonds is 2. The van der Waals surface area contributed by atoms with Crippen LogP contribution in [0.5, 0.6) is 0 Å². The van der Waals surface area contributed by atoms with Crippen LogP contribution < -0.4 is 0 Å². The minimum atomic E-state index is 0.793. The number of hydrogen-bond acceptors (Lipinski definition) is 1. The van der Waals surface area contributed by atoms with Gasteiger partial charge in [-0.25, -0.2) is 0 Å². The zero-order valence-corrected chi connectivity index (χ0v) is 6.87. The van der Waals surface area contributed by atoms with Crippen LogP contribution in [0.4, 0.5) is 0 Å². The largest absolute Gasteiger partial charge is 0.148 e. The molecule has 0 amide bonds. The first kappa shape index (κ1) is 7.37. The summed E-state index contributed by atoms with van der Waals surface area (Å²) in [4.78, 5) is 1.35. The molecule has 1 heterocycles. The molecule has 0 aliphatic carbocycles. The smallest absolute Gasteiger partial charge is 0.0434 e. The fraction of sp³-hybridized carbons (Fsp3) is 0.333. The maximum Gasteiger partial charge on any atom is 0.0434 e. The van der Waals surface area contributed by atoms with E-state index in [0.29, 0.717) is 0 Å². The fourth-order valence-corrected chi connectivity index (χ4v) is 1.86. The Morgan fingerprint density at radius 3 is 3.10 bits per heavy atom. The molecule has 0 aliphatic heterocycles. The zero-order chi connectivity index (χ0) is 7.40. The summed E-state index contributed by atoms with van der Waals surface area (Å²) in [5.41, 5.74) is 1.41. The van der Waals surface area contributed by atoms with Crippen LogP contribution in [0.3, 0.4) is 0 Å². The Bertz CT molecular complexity index is 239. The normalized spacial score (nSPS) is 9.20. The lowest BCUT2D eigenvalue weighted by atomic mass is 10.2. The van der Waals surface area contributed by atoms with Crippen LogP contribution in [-0.2, 0) is 12.8 Å². The van der Waals surface area contributed by atoms with E-state index < -0.39 is 0 Å². The second-order valence-electron chi connectivity index (χ2n) is 2.10. The summed E-state index contributed by atoms with van der Waals surface area (Å²) in [6.07, 6.45) is 7.09. The lowest BCUT2D eigenvalue weighted by Crippen LogP contribution is -1.82. The summed E-state index contributed by atoms with van der Waals surface area (Å²) in [5.74, 6) is 2.66. The first-order valence-corrected chi connectivity index (χ1v) is 4.25. The number of thiophene rings is 1. The predicted octanol–water partition coefficient (Wildman–Crippen LogP) is 2.49. The average Bonchev–Trinajstić information content (AvgIpc) is 2.36. The van der Waals surface area contributed by atoms with E-state index in [9.17, 15) is 0 Å². The molecule has 0 atom stereocenters. The van der Waals surface area contributed by atoms with Gasteiger partial charge in [-0.1, -0.05) is 6.92 Å². The third-order valence-electron chi connectivity index (χ3n) is 1.48. The van der Waals surface area contributed by atoms with Crippen molar-refractivity contribution in [3.63, 3.8) is 0 Å². The second kappa shape index (κ2) is 3.43. The first-order valence-electron chi connectivity index (χ1n) is 3.37. The van der Waals surface area contributed by atoms with E-state index in [0.717, 1.165) is 12.8 Å². The molecule has 1 aromatic heterocycles. The van der Waals surface area contributed by atoms with Gasteiger partial charge in [-0.15, -0.1) is 23.7 Å². The van der Waals surface area contributed by atoms with Crippen molar-refractivity contribution in [2.24, 2.45) is 0 Å². The monoisotopic (exact) mass is 150 g/mol. The summed E-state index contributed by atoms with van der Waals surface area (Å²) in [5, 5.41) is 2.10. The lowest BCUT2D eigenvalue weighted by molar-refractivity contribution is 1.12. The van der Waals surface area contributed by atoms with Gasteiger partial charge in [-0.3, -0.25) is 0 Å². The highest BCUT2D eigenvalue weighted by atomic mass is 32.1. The van der Waals surface area contributed by atoms with Crippen LogP contribution in [0.25, 0.3) is 0 Å². The first-order chi connectivity index (χ1) is 4.88. The van der Waals surface area contributed by atoms with Crippen molar-refractivity contribution in [3.8, 4) is 12.3 Å². The van der Waals surface area contributed by atoms with Crippen molar-refractivity contribution in [2.45, 2.75) is 19.8 Å². The van der Waals surface area contributed by atoms with Gasteiger partial charge in [-0.2, -0.15) is 0 Å². The Labute approximate surface area is 65.9 Å². The molecule has 0 aromatic carbocycles. The minimum Gasteiger partial charge on any atom is -0.148 e. The van der Waals surface area contributed by atoms with E-state index in [4.69, 9.17) is 6.42 Å². The van der Waals surface area contributed by atoms with Gasteiger partial charge in [0, 0.05) is 11.3 Å². The second-order valence-corrected chi connectivity index (χ2v) is 3.10. The van der Waals surface area contributed by atoms with Gasteiger partial charge < -0.3 is 0 Å². The maximum atomic E-state index is 5.20. The predicted molar refractivity (Wildman–Crippen MR) is 46.2 cm³/mol. The van der Waals surface area contributed by atoms with Gasteiger partial charge in [0.15, 0.2) is 0 Å². The molecule has 0 saturated carbocycles. The summed E-state index contributed by atoms with van der Waals surface area (Å²) in [7, 11) is 0. The number of hydrogen-bond donors (Lipinski definition) is 0. The van der Waals surface area contributed by atoms with E-state index >= 15 is 0 Å². The van der Waals surface area contributed by atoms with Gasteiger partial charge in [0.2, 0.25) is 0 Å². The average molecular weight is 150 g/mol. The molecule has 1 aromatic rings. The van der Waals surface area contributed by atoms with Crippen LogP contribution in [0, 0.1) is 12.3 Å². The SMILES string of the molecule is C#CCc1sccc1CC. The Hall–Kier alpha value is -0.740. The molecule has 0 nitrogen and oxygen atoms in total. The molecule has 0 fully saturated rings. The molecule has 0 N–H and O–H groups in total. The van der Waals surface area contributed by atoms with Gasteiger partial charge in [-0.05, 0) is 23.4 Å². The molecule has 0 unspecified atom stereocenters. The number of terminal acetylenes is 1. The van der Waals surface area contributed by atoms with Crippen molar-refractivity contribution in [1.82, 2.24) is 0 Å². The van der Waals surface area contributed by atoms with E-state index in [2.05, 4.69) is 24.3 Å². The van der Waals surface area contributed by atoms with Crippen LogP contribution in [-0.4, -0.2) is 0 Å². The molecule has 0 aliphatic rings. The Morgan fingerprint density at radius 2 is 2.50 bits per heavy atom. The highest BCUT2D eigenvalue weighted by Gasteiger charge is 1.98. The van der Waals surface area contributed by atoms with Crippen molar-refractivity contribution < 1.29 is 0 Å². The maximum absolute atomic E-state index is 5.20. The summed E-state index contributed by atoms with van der Waals surface area (Å²) in [6, 6.07) is 2.15. The molecular weight excluding hydrogens is 140 g/mol. The van der Waals surface area contributed by atoms with Gasteiger partial charge in [0.25, 0.3) is 0 Å². The summed E-state index contributed by atoms with van der Waals surface area (Å²) < 4.78 is 0. The molecule has 0 spiro atoms. The van der Waals surface area contributed by atoms with Crippen molar-refractivity contribution in [3.05, 3.63) is 21.9 Å². The standard InChI is InChI=1S/C9H10S/c1-3-5-9-8(4-2)6-7-10-9/h1,6-7H,4-5H2,2H3. The summed E-state index contributed by atoms with van der Waals surface area (Å²) >= 11 is 1.76. The van der Waals surface area contributed by atoms with E-state index in [1.54, 1.807) is 11.3 Å². The lowest BCUT2D eigenvalue weighted by Gasteiger charge is -1.92. The summed E-state index contributed by atoms with van der Waals surface area (Å²) in [6.45, 7) is 2.15. The molecule has 0 bridgehead atoms. The quantitative estimate of drug-likeness (QED) is 0.568. The molecule has 10 heavy (non-hydrogen) atoms. The highest BCUT2D eigenvalue weighted by molar-refractivity contribution is 7.10. The van der Waals surface area contributed by atoms with Gasteiger partial charge in [0.1, 0.15) is 0 Å². The molecule has 0 saturated heterocycles. The number of aryl methyl sites for hydroxylation is 1. The van der Waals surface area contributed by atoms with Crippen molar-refractivity contribution in [2.75, 3.05) is 0 Å². The zero-order valence-electron chi connectivity index (χ0n) is 6.05. The molecule has 1 heteroatoms. The van der Waals surface area contributed by atoms with E-state index in [-0.39, 0.29) is 0 Å². The Kier molecular flexibility index (Phi) is 2.53. The van der Waals surface area contributed by atoms with E-state index in [1.165, 1.54) is 10.4 Å². The molecular formula is C9H10S. The Balaban J connectivity index is 2.82. The van der Waals surface area contributed by atoms with Crippen molar-refractivity contribution in [1.29, 1.82) is 0 Å². The van der Waals surface area contributed by atoms with Crippen molar-refractivity contribution >= 4 is 11.3 Å². The third-order valence-corrected chi connectivity index (χ3v) is 2.44. The third kappa shape index (κ3) is 1.40. The van der Waals surface area contributed by atoms with Gasteiger partial charge in [0.05, 0.1) is 0 Å². The molecule has 52 valence electrons. The molecule has 0 radical (unpaired) electrons. The van der Waals surface area contributed by atoms with E-state index in [1.807, 2.05) is 0 Å². The van der Waals surface area contributed by atoms with Crippen LogP contribution in [0.1, 0.15) is 17.4 Å².